The maximum atomic E-state index is 11.6. The standard InChI is InChI=1S/C14H13NO4S/c1-3-18-14(17)13-8-11(15-20-13)10-6-4-5-7-12(10)19-9(2)16/h4-8H,3H2,1-2H3. The van der Waals surface area contributed by atoms with E-state index >= 15 is 0 Å². The molecule has 104 valence electrons. The number of aromatic nitrogens is 1. The summed E-state index contributed by atoms with van der Waals surface area (Å²) in [4.78, 5) is 23.1. The van der Waals surface area contributed by atoms with Crippen molar-refractivity contribution < 1.29 is 19.1 Å². The largest absolute Gasteiger partial charge is 0.462 e. The molecule has 0 saturated heterocycles. The van der Waals surface area contributed by atoms with E-state index in [1.165, 1.54) is 6.92 Å². The Labute approximate surface area is 120 Å². The summed E-state index contributed by atoms with van der Waals surface area (Å²) in [5.41, 5.74) is 1.24. The zero-order chi connectivity index (χ0) is 14.5. The van der Waals surface area contributed by atoms with E-state index in [1.807, 2.05) is 6.07 Å². The lowest BCUT2D eigenvalue weighted by Gasteiger charge is -2.05. The number of rotatable bonds is 4. The third-order valence-corrected chi connectivity index (χ3v) is 3.17. The summed E-state index contributed by atoms with van der Waals surface area (Å²) in [6.45, 7) is 3.40. The molecule has 0 N–H and O–H groups in total. The summed E-state index contributed by atoms with van der Waals surface area (Å²) in [7, 11) is 0. The van der Waals surface area contributed by atoms with E-state index in [2.05, 4.69) is 4.37 Å². The number of benzene rings is 1. The Morgan fingerprint density at radius 1 is 1.30 bits per heavy atom. The lowest BCUT2D eigenvalue weighted by Crippen LogP contribution is -2.02. The summed E-state index contributed by atoms with van der Waals surface area (Å²) in [5.74, 6) is -0.389. The second kappa shape index (κ2) is 6.29. The van der Waals surface area contributed by atoms with Crippen LogP contribution in [0.4, 0.5) is 0 Å². The molecule has 0 aliphatic carbocycles. The van der Waals surface area contributed by atoms with Gasteiger partial charge in [-0.2, -0.15) is 4.37 Å². The Morgan fingerprint density at radius 2 is 2.05 bits per heavy atom. The number of ether oxygens (including phenoxy) is 2. The molecule has 1 aromatic carbocycles. The van der Waals surface area contributed by atoms with E-state index in [0.29, 0.717) is 28.5 Å². The lowest BCUT2D eigenvalue weighted by atomic mass is 10.1. The minimum Gasteiger partial charge on any atom is -0.462 e. The smallest absolute Gasteiger partial charge is 0.349 e. The highest BCUT2D eigenvalue weighted by molar-refractivity contribution is 7.08. The van der Waals surface area contributed by atoms with E-state index in [-0.39, 0.29) is 0 Å². The van der Waals surface area contributed by atoms with Gasteiger partial charge in [0.1, 0.15) is 10.6 Å². The normalized spacial score (nSPS) is 10.1. The molecule has 6 heteroatoms. The minimum atomic E-state index is -0.404. The van der Waals surface area contributed by atoms with Crippen LogP contribution < -0.4 is 4.74 Å². The quantitative estimate of drug-likeness (QED) is 0.640. The van der Waals surface area contributed by atoms with E-state index in [4.69, 9.17) is 9.47 Å². The number of carbonyl (C=O) groups is 2. The Bertz CT molecular complexity index is 636. The van der Waals surface area contributed by atoms with E-state index < -0.39 is 11.9 Å². The van der Waals surface area contributed by atoms with E-state index in [9.17, 15) is 9.59 Å². The molecule has 0 atom stereocenters. The van der Waals surface area contributed by atoms with Crippen LogP contribution in [0.1, 0.15) is 23.5 Å². The zero-order valence-electron chi connectivity index (χ0n) is 11.1. The third-order valence-electron chi connectivity index (χ3n) is 2.40. The van der Waals surface area contributed by atoms with Gasteiger partial charge in [-0.05, 0) is 36.7 Å². The highest BCUT2D eigenvalue weighted by Gasteiger charge is 2.15. The molecule has 0 saturated carbocycles. The van der Waals surface area contributed by atoms with Gasteiger partial charge in [0.15, 0.2) is 0 Å². The van der Waals surface area contributed by atoms with Gasteiger partial charge in [0, 0.05) is 12.5 Å². The van der Waals surface area contributed by atoms with Crippen LogP contribution in [0.25, 0.3) is 11.3 Å². The van der Waals surface area contributed by atoms with Gasteiger partial charge in [-0.15, -0.1) is 0 Å². The van der Waals surface area contributed by atoms with Gasteiger partial charge in [0.2, 0.25) is 0 Å². The maximum Gasteiger partial charge on any atom is 0.349 e. The second-order valence-electron chi connectivity index (χ2n) is 3.89. The molecule has 2 rings (SSSR count). The van der Waals surface area contributed by atoms with Crippen LogP contribution in [-0.2, 0) is 9.53 Å². The molecule has 20 heavy (non-hydrogen) atoms. The second-order valence-corrected chi connectivity index (χ2v) is 4.69. The molecule has 1 aromatic heterocycles. The predicted octanol–water partition coefficient (Wildman–Crippen LogP) is 2.91. The monoisotopic (exact) mass is 291 g/mol. The molecule has 0 spiro atoms. The number of carbonyl (C=O) groups excluding carboxylic acids is 2. The summed E-state index contributed by atoms with van der Waals surface area (Å²) in [6, 6.07) is 8.67. The zero-order valence-corrected chi connectivity index (χ0v) is 11.9. The topological polar surface area (TPSA) is 65.5 Å². The summed E-state index contributed by atoms with van der Waals surface area (Å²) in [6.07, 6.45) is 0. The first-order chi connectivity index (χ1) is 9.61. The van der Waals surface area contributed by atoms with Crippen LogP contribution >= 0.6 is 11.5 Å². The first-order valence-corrected chi connectivity index (χ1v) is 6.80. The van der Waals surface area contributed by atoms with Crippen molar-refractivity contribution in [3.8, 4) is 17.0 Å². The highest BCUT2D eigenvalue weighted by atomic mass is 32.1. The molecular weight excluding hydrogens is 278 g/mol. The van der Waals surface area contributed by atoms with Crippen molar-refractivity contribution in [2.75, 3.05) is 6.61 Å². The fourth-order valence-corrected chi connectivity index (χ4v) is 2.27. The molecule has 0 aliphatic heterocycles. The molecular formula is C14H13NO4S. The number of hydrogen-bond donors (Lipinski definition) is 0. The highest BCUT2D eigenvalue weighted by Crippen LogP contribution is 2.31. The van der Waals surface area contributed by atoms with Gasteiger partial charge in [0.25, 0.3) is 0 Å². The fraction of sp³-hybridized carbons (Fsp3) is 0.214. The van der Waals surface area contributed by atoms with Crippen LogP contribution in [0.5, 0.6) is 5.75 Å². The van der Waals surface area contributed by atoms with Crippen LogP contribution in [-0.4, -0.2) is 22.9 Å². The molecule has 0 amide bonds. The Hall–Kier alpha value is -2.21. The molecule has 2 aromatic rings. The average molecular weight is 291 g/mol. The van der Waals surface area contributed by atoms with Crippen LogP contribution in [0, 0.1) is 0 Å². The SMILES string of the molecule is CCOC(=O)c1cc(-c2ccccc2OC(C)=O)ns1. The number of para-hydroxylation sites is 1. The molecule has 0 radical (unpaired) electrons. The summed E-state index contributed by atoms with van der Waals surface area (Å²) >= 11 is 1.05. The molecule has 0 aliphatic rings. The molecule has 0 bridgehead atoms. The number of hydrogen-bond acceptors (Lipinski definition) is 6. The third kappa shape index (κ3) is 3.21. The van der Waals surface area contributed by atoms with Crippen LogP contribution in [0.3, 0.4) is 0 Å². The van der Waals surface area contributed by atoms with Crippen molar-refractivity contribution in [2.45, 2.75) is 13.8 Å². The van der Waals surface area contributed by atoms with Gasteiger partial charge in [-0.1, -0.05) is 12.1 Å². The van der Waals surface area contributed by atoms with Gasteiger partial charge in [-0.3, -0.25) is 4.79 Å². The van der Waals surface area contributed by atoms with E-state index in [0.717, 1.165) is 11.5 Å². The van der Waals surface area contributed by atoms with E-state index in [1.54, 1.807) is 31.2 Å². The summed E-state index contributed by atoms with van der Waals surface area (Å²) < 4.78 is 14.3. The molecule has 0 unspecified atom stereocenters. The lowest BCUT2D eigenvalue weighted by molar-refractivity contribution is -0.131. The van der Waals surface area contributed by atoms with Crippen molar-refractivity contribution in [2.24, 2.45) is 0 Å². The number of nitrogens with zero attached hydrogens (tertiary/aromatic N) is 1. The fourth-order valence-electron chi connectivity index (χ4n) is 1.62. The maximum absolute atomic E-state index is 11.6. The van der Waals surface area contributed by atoms with Gasteiger partial charge < -0.3 is 9.47 Å². The number of esters is 2. The first kappa shape index (κ1) is 14.2. The Morgan fingerprint density at radius 3 is 2.75 bits per heavy atom. The summed E-state index contributed by atoms with van der Waals surface area (Å²) in [5, 5.41) is 0. The average Bonchev–Trinajstić information content (AvgIpc) is 2.88. The van der Waals surface area contributed by atoms with Crippen molar-refractivity contribution in [3.05, 3.63) is 35.2 Å². The Balaban J connectivity index is 2.32. The van der Waals surface area contributed by atoms with Crippen LogP contribution in [0.2, 0.25) is 0 Å². The minimum absolute atomic E-state index is 0.316. The molecule has 0 fully saturated rings. The van der Waals surface area contributed by atoms with Crippen molar-refractivity contribution in [1.29, 1.82) is 0 Å². The van der Waals surface area contributed by atoms with Gasteiger partial charge >= 0.3 is 11.9 Å². The first-order valence-electron chi connectivity index (χ1n) is 6.03. The van der Waals surface area contributed by atoms with Crippen molar-refractivity contribution in [1.82, 2.24) is 4.37 Å². The molecule has 5 nitrogen and oxygen atoms in total. The Kier molecular flexibility index (Phi) is 4.47. The van der Waals surface area contributed by atoms with Crippen molar-refractivity contribution in [3.63, 3.8) is 0 Å². The molecule has 1 heterocycles. The van der Waals surface area contributed by atoms with Crippen molar-refractivity contribution >= 4 is 23.5 Å². The predicted molar refractivity (Wildman–Crippen MR) is 74.8 cm³/mol. The van der Waals surface area contributed by atoms with Gasteiger partial charge in [0.05, 0.1) is 12.3 Å². The van der Waals surface area contributed by atoms with Crippen LogP contribution in [0.15, 0.2) is 30.3 Å². The van der Waals surface area contributed by atoms with Gasteiger partial charge in [-0.25, -0.2) is 4.79 Å².